The molecule has 1 unspecified atom stereocenters. The molecule has 19 heavy (non-hydrogen) atoms. The third kappa shape index (κ3) is 2.25. The molecule has 0 aliphatic rings. The Morgan fingerprint density at radius 1 is 1.37 bits per heavy atom. The van der Waals surface area contributed by atoms with Crippen LogP contribution in [0.5, 0.6) is 0 Å². The monoisotopic (exact) mass is 256 g/mol. The third-order valence-electron chi connectivity index (χ3n) is 3.27. The lowest BCUT2D eigenvalue weighted by Crippen LogP contribution is -2.29. The second kappa shape index (κ2) is 4.87. The van der Waals surface area contributed by atoms with Crippen molar-refractivity contribution in [2.45, 2.75) is 12.5 Å². The van der Waals surface area contributed by atoms with E-state index in [4.69, 9.17) is 10.3 Å². The predicted molar refractivity (Wildman–Crippen MR) is 73.2 cm³/mol. The summed E-state index contributed by atoms with van der Waals surface area (Å²) >= 11 is 0. The molecule has 0 radical (unpaired) electrons. The first-order chi connectivity index (χ1) is 9.28. The van der Waals surface area contributed by atoms with Crippen LogP contribution in [0, 0.1) is 0 Å². The van der Waals surface area contributed by atoms with Gasteiger partial charge in [-0.3, -0.25) is 16.0 Å². The highest BCUT2D eigenvalue weighted by Gasteiger charge is 2.17. The average molecular weight is 256 g/mol. The summed E-state index contributed by atoms with van der Waals surface area (Å²) in [5.74, 6) is 5.68. The van der Waals surface area contributed by atoms with E-state index in [2.05, 4.69) is 10.5 Å². The number of rotatable bonds is 4. The molecule has 3 N–H and O–H groups in total. The van der Waals surface area contributed by atoms with Gasteiger partial charge >= 0.3 is 0 Å². The van der Waals surface area contributed by atoms with Crippen LogP contribution in [-0.2, 0) is 13.5 Å². The van der Waals surface area contributed by atoms with Crippen LogP contribution in [0.1, 0.15) is 17.3 Å². The zero-order valence-electron chi connectivity index (χ0n) is 10.7. The number of hydrogen-bond acceptors (Lipinski definition) is 4. The van der Waals surface area contributed by atoms with E-state index < -0.39 is 0 Å². The van der Waals surface area contributed by atoms with Gasteiger partial charge in [-0.25, -0.2) is 0 Å². The Morgan fingerprint density at radius 2 is 2.21 bits per heavy atom. The molecule has 0 saturated heterocycles. The number of aromatic nitrogens is 2. The Morgan fingerprint density at radius 3 is 2.95 bits per heavy atom. The number of nitrogens with two attached hydrogens (primary N) is 1. The van der Waals surface area contributed by atoms with Gasteiger partial charge in [0.25, 0.3) is 0 Å². The first-order valence-corrected chi connectivity index (χ1v) is 6.18. The van der Waals surface area contributed by atoms with Gasteiger partial charge in [0.15, 0.2) is 0 Å². The van der Waals surface area contributed by atoms with E-state index in [1.54, 1.807) is 10.9 Å². The van der Waals surface area contributed by atoms with E-state index in [1.807, 2.05) is 43.6 Å². The normalized spacial score (nSPS) is 12.9. The Labute approximate surface area is 111 Å². The quantitative estimate of drug-likeness (QED) is 0.552. The Bertz CT molecular complexity index is 685. The maximum absolute atomic E-state index is 5.68. The fraction of sp³-hybridized carbons (Fsp3) is 0.214. The molecule has 0 fully saturated rings. The largest absolute Gasteiger partial charge is 0.464 e. The molecule has 0 aliphatic carbocycles. The van der Waals surface area contributed by atoms with Crippen LogP contribution in [0.2, 0.25) is 0 Å². The molecule has 0 aliphatic heterocycles. The van der Waals surface area contributed by atoms with Crippen LogP contribution in [-0.4, -0.2) is 9.78 Å². The number of aryl methyl sites for hydroxylation is 1. The average Bonchev–Trinajstić information content (AvgIpc) is 3.02. The number of benzene rings is 1. The van der Waals surface area contributed by atoms with Gasteiger partial charge in [0.2, 0.25) is 0 Å². The number of para-hydroxylation sites is 1. The molecule has 0 amide bonds. The topological polar surface area (TPSA) is 69.0 Å². The summed E-state index contributed by atoms with van der Waals surface area (Å²) in [5, 5.41) is 5.46. The van der Waals surface area contributed by atoms with Gasteiger partial charge < -0.3 is 4.42 Å². The number of nitrogens with one attached hydrogen (secondary N) is 1. The van der Waals surface area contributed by atoms with Crippen molar-refractivity contribution in [3.05, 3.63) is 54.0 Å². The van der Waals surface area contributed by atoms with E-state index in [0.29, 0.717) is 0 Å². The molecule has 5 heteroatoms. The van der Waals surface area contributed by atoms with E-state index in [1.165, 1.54) is 0 Å². The van der Waals surface area contributed by atoms with E-state index in [0.717, 1.165) is 28.6 Å². The smallest absolute Gasteiger partial charge is 0.134 e. The van der Waals surface area contributed by atoms with Crippen LogP contribution in [0.15, 0.2) is 47.2 Å². The number of hydrogen-bond donors (Lipinski definition) is 2. The van der Waals surface area contributed by atoms with Crippen molar-refractivity contribution >= 4 is 11.0 Å². The second-order valence-electron chi connectivity index (χ2n) is 4.59. The highest BCUT2D eigenvalue weighted by molar-refractivity contribution is 5.81. The Hall–Kier alpha value is -2.11. The van der Waals surface area contributed by atoms with Crippen molar-refractivity contribution in [2.24, 2.45) is 12.9 Å². The maximum atomic E-state index is 5.68. The molecule has 0 bridgehead atoms. The van der Waals surface area contributed by atoms with Crippen LogP contribution < -0.4 is 11.3 Å². The van der Waals surface area contributed by atoms with Crippen molar-refractivity contribution in [2.75, 3.05) is 0 Å². The van der Waals surface area contributed by atoms with Gasteiger partial charge in [-0.2, -0.15) is 5.10 Å². The SMILES string of the molecule is Cn1ccc(CC(NN)c2coc3ccccc23)n1. The fourth-order valence-corrected chi connectivity index (χ4v) is 2.31. The molecule has 3 rings (SSSR count). The van der Waals surface area contributed by atoms with Gasteiger partial charge in [-0.15, -0.1) is 0 Å². The summed E-state index contributed by atoms with van der Waals surface area (Å²) in [7, 11) is 1.90. The molecule has 1 aromatic carbocycles. The van der Waals surface area contributed by atoms with Gasteiger partial charge in [-0.1, -0.05) is 18.2 Å². The summed E-state index contributed by atoms with van der Waals surface area (Å²) in [5.41, 5.74) is 5.77. The van der Waals surface area contributed by atoms with Gasteiger partial charge in [0, 0.05) is 30.6 Å². The van der Waals surface area contributed by atoms with Crippen LogP contribution in [0.4, 0.5) is 0 Å². The molecule has 5 nitrogen and oxygen atoms in total. The number of nitrogens with zero attached hydrogens (tertiary/aromatic N) is 2. The van der Waals surface area contributed by atoms with E-state index in [9.17, 15) is 0 Å². The van der Waals surface area contributed by atoms with Crippen molar-refractivity contribution in [1.29, 1.82) is 0 Å². The molecule has 2 aromatic heterocycles. The Balaban J connectivity index is 1.93. The third-order valence-corrected chi connectivity index (χ3v) is 3.27. The minimum Gasteiger partial charge on any atom is -0.464 e. The minimum atomic E-state index is -0.0152. The number of furan rings is 1. The zero-order chi connectivity index (χ0) is 13.2. The first kappa shape index (κ1) is 12.0. The molecule has 0 spiro atoms. The zero-order valence-corrected chi connectivity index (χ0v) is 10.7. The van der Waals surface area contributed by atoms with Crippen molar-refractivity contribution in [3.63, 3.8) is 0 Å². The second-order valence-corrected chi connectivity index (χ2v) is 4.59. The molecule has 2 heterocycles. The minimum absolute atomic E-state index is 0.0152. The summed E-state index contributed by atoms with van der Waals surface area (Å²) in [6.45, 7) is 0. The summed E-state index contributed by atoms with van der Waals surface area (Å²) < 4.78 is 7.34. The number of hydrazine groups is 1. The Kier molecular flexibility index (Phi) is 3.06. The highest BCUT2D eigenvalue weighted by Crippen LogP contribution is 2.27. The van der Waals surface area contributed by atoms with Gasteiger partial charge in [0.05, 0.1) is 18.0 Å². The van der Waals surface area contributed by atoms with Crippen molar-refractivity contribution in [3.8, 4) is 0 Å². The van der Waals surface area contributed by atoms with Crippen LogP contribution in [0.3, 0.4) is 0 Å². The lowest BCUT2D eigenvalue weighted by Gasteiger charge is -2.13. The van der Waals surface area contributed by atoms with E-state index >= 15 is 0 Å². The lowest BCUT2D eigenvalue weighted by atomic mass is 10.0. The van der Waals surface area contributed by atoms with Crippen molar-refractivity contribution < 1.29 is 4.42 Å². The maximum Gasteiger partial charge on any atom is 0.134 e. The van der Waals surface area contributed by atoms with Crippen molar-refractivity contribution in [1.82, 2.24) is 15.2 Å². The van der Waals surface area contributed by atoms with Crippen LogP contribution in [0.25, 0.3) is 11.0 Å². The molecule has 0 saturated carbocycles. The summed E-state index contributed by atoms with van der Waals surface area (Å²) in [6.07, 6.45) is 4.41. The lowest BCUT2D eigenvalue weighted by molar-refractivity contribution is 0.529. The van der Waals surface area contributed by atoms with Gasteiger partial charge in [0.1, 0.15) is 5.58 Å². The standard InChI is InChI=1S/C14H16N4O/c1-18-7-6-10(17-18)8-13(16-15)12-9-19-14-5-3-2-4-11(12)14/h2-7,9,13,16H,8,15H2,1H3. The first-order valence-electron chi connectivity index (χ1n) is 6.18. The van der Waals surface area contributed by atoms with Crippen LogP contribution >= 0.6 is 0 Å². The fourth-order valence-electron chi connectivity index (χ4n) is 2.31. The van der Waals surface area contributed by atoms with Gasteiger partial charge in [-0.05, 0) is 12.1 Å². The number of fused-ring (bicyclic) bond motifs is 1. The molecule has 1 atom stereocenters. The predicted octanol–water partition coefficient (Wildman–Crippen LogP) is 1.91. The summed E-state index contributed by atoms with van der Waals surface area (Å²) in [6, 6.07) is 9.92. The molecule has 3 aromatic rings. The summed E-state index contributed by atoms with van der Waals surface area (Å²) in [4.78, 5) is 0. The molecular weight excluding hydrogens is 240 g/mol. The molecular formula is C14H16N4O. The molecule has 98 valence electrons. The van der Waals surface area contributed by atoms with E-state index in [-0.39, 0.29) is 6.04 Å². The highest BCUT2D eigenvalue weighted by atomic mass is 16.3.